The second-order valence-electron chi connectivity index (χ2n) is 11.7. The number of rotatable bonds is 5. The Balaban J connectivity index is 1.65. The van der Waals surface area contributed by atoms with Crippen molar-refractivity contribution in [3.05, 3.63) is 0 Å². The number of ketones is 2. The van der Waals surface area contributed by atoms with Gasteiger partial charge in [0.05, 0.1) is 0 Å². The lowest BCUT2D eigenvalue weighted by Crippen LogP contribution is -2.61. The molecule has 3 unspecified atom stereocenters. The predicted octanol–water partition coefficient (Wildman–Crippen LogP) is 5.48. The average molecular weight is 435 g/mol. The molecule has 4 aliphatic carbocycles. The van der Waals surface area contributed by atoms with Crippen molar-refractivity contribution in [2.75, 3.05) is 0 Å². The highest BCUT2D eigenvalue weighted by Crippen LogP contribution is 2.68. The Bertz CT molecular complexity index is 765. The highest BCUT2D eigenvalue weighted by atomic mass is 19.1. The van der Waals surface area contributed by atoms with Crippen molar-refractivity contribution >= 4 is 17.5 Å². The summed E-state index contributed by atoms with van der Waals surface area (Å²) < 4.78 is 14.7. The molecule has 4 nitrogen and oxygen atoms in total. The number of fused-ring (bicyclic) bond motifs is 5. The molecule has 0 heterocycles. The normalized spacial score (nSPS) is 48.0. The third-order valence-corrected chi connectivity index (χ3v) is 10.5. The lowest BCUT2D eigenvalue weighted by molar-refractivity contribution is -0.174. The highest BCUT2D eigenvalue weighted by Gasteiger charge is 2.66. The summed E-state index contributed by atoms with van der Waals surface area (Å²) in [6.07, 6.45) is 4.77. The fourth-order valence-corrected chi connectivity index (χ4v) is 8.99. The third kappa shape index (κ3) is 3.40. The Hall–Kier alpha value is -1.26. The summed E-state index contributed by atoms with van der Waals surface area (Å²) in [5.41, 5.74) is -0.225. The van der Waals surface area contributed by atoms with Gasteiger partial charge in [-0.05, 0) is 85.4 Å². The van der Waals surface area contributed by atoms with E-state index in [1.165, 1.54) is 0 Å². The quantitative estimate of drug-likeness (QED) is 0.622. The monoisotopic (exact) mass is 434 g/mol. The SMILES string of the molecule is CC[C@H]1C(=O)C2C3CC[C@H]([C@H](C)CCC(=O)O)[C@@]3(C)CCC2[C@@]2(C)C[C@H](F)C(=O)C[C@@H]12. The molecule has 0 aromatic carbocycles. The van der Waals surface area contributed by atoms with Crippen LogP contribution in [0.1, 0.15) is 85.5 Å². The molecule has 4 saturated carbocycles. The number of hydrogen-bond donors (Lipinski definition) is 1. The Kier molecular flexibility index (Phi) is 5.88. The lowest BCUT2D eigenvalue weighted by Gasteiger charge is -2.61. The van der Waals surface area contributed by atoms with Crippen molar-refractivity contribution in [1.29, 1.82) is 0 Å². The van der Waals surface area contributed by atoms with Crippen LogP contribution >= 0.6 is 0 Å². The van der Waals surface area contributed by atoms with Crippen molar-refractivity contribution in [3.63, 3.8) is 0 Å². The molecule has 0 amide bonds. The molecular formula is C26H39FO4. The standard InChI is InChI=1S/C26H39FO4/c1-5-15-19-12-21(28)20(27)13-26(19,4)18-10-11-25(3)16(14(2)6-9-22(29)30)7-8-17(25)23(18)24(15)31/h14-20,23H,5-13H2,1-4H3,(H,29,30)/t14-,15-,16-,17?,18?,19+,20+,23?,25-,26-/m1/s1. The topological polar surface area (TPSA) is 71.4 Å². The fourth-order valence-electron chi connectivity index (χ4n) is 8.99. The van der Waals surface area contributed by atoms with Crippen LogP contribution in [0.3, 0.4) is 0 Å². The average Bonchev–Trinajstić information content (AvgIpc) is 3.06. The summed E-state index contributed by atoms with van der Waals surface area (Å²) >= 11 is 0. The molecule has 4 aliphatic rings. The van der Waals surface area contributed by atoms with Crippen LogP contribution in [0.25, 0.3) is 0 Å². The number of aliphatic carboxylic acids is 1. The minimum atomic E-state index is -1.38. The highest BCUT2D eigenvalue weighted by molar-refractivity contribution is 5.89. The fraction of sp³-hybridized carbons (Fsp3) is 0.885. The largest absolute Gasteiger partial charge is 0.481 e. The summed E-state index contributed by atoms with van der Waals surface area (Å²) in [4.78, 5) is 37.2. The van der Waals surface area contributed by atoms with Gasteiger partial charge in [-0.3, -0.25) is 14.4 Å². The van der Waals surface area contributed by atoms with Crippen LogP contribution in [-0.4, -0.2) is 28.8 Å². The first-order chi connectivity index (χ1) is 14.5. The van der Waals surface area contributed by atoms with Crippen molar-refractivity contribution < 1.29 is 23.9 Å². The maximum Gasteiger partial charge on any atom is 0.303 e. The van der Waals surface area contributed by atoms with Gasteiger partial charge in [-0.1, -0.05) is 27.7 Å². The van der Waals surface area contributed by atoms with Crippen molar-refractivity contribution in [2.45, 2.75) is 91.7 Å². The van der Waals surface area contributed by atoms with Gasteiger partial charge in [-0.15, -0.1) is 0 Å². The summed E-state index contributed by atoms with van der Waals surface area (Å²) in [5.74, 6) is 0.374. The van der Waals surface area contributed by atoms with E-state index in [2.05, 4.69) is 20.8 Å². The molecule has 0 bridgehead atoms. The zero-order valence-corrected chi connectivity index (χ0v) is 19.5. The minimum absolute atomic E-state index is 0.0122. The van der Waals surface area contributed by atoms with Gasteiger partial charge in [0, 0.05) is 24.7 Å². The van der Waals surface area contributed by atoms with E-state index in [1.54, 1.807) is 0 Å². The minimum Gasteiger partial charge on any atom is -0.481 e. The lowest BCUT2D eigenvalue weighted by atomic mass is 9.41. The first-order valence-electron chi connectivity index (χ1n) is 12.5. The van der Waals surface area contributed by atoms with Crippen LogP contribution in [-0.2, 0) is 14.4 Å². The van der Waals surface area contributed by atoms with Crippen LogP contribution in [0.4, 0.5) is 4.39 Å². The number of Topliss-reactive ketones (excluding diaryl/α,β-unsaturated/α-hetero) is 2. The number of carbonyl (C=O) groups is 3. The second kappa shape index (κ2) is 7.95. The van der Waals surface area contributed by atoms with Crippen LogP contribution in [0.5, 0.6) is 0 Å². The first-order valence-corrected chi connectivity index (χ1v) is 12.5. The Morgan fingerprint density at radius 1 is 1.13 bits per heavy atom. The van der Waals surface area contributed by atoms with Crippen LogP contribution in [0, 0.1) is 52.3 Å². The molecule has 5 heteroatoms. The first kappa shape index (κ1) is 22.9. The number of alkyl halides is 1. The Morgan fingerprint density at radius 2 is 1.81 bits per heavy atom. The predicted molar refractivity (Wildman–Crippen MR) is 116 cm³/mol. The third-order valence-electron chi connectivity index (χ3n) is 10.5. The number of hydrogen-bond acceptors (Lipinski definition) is 3. The Labute approximate surface area is 185 Å². The molecule has 1 N–H and O–H groups in total. The van der Waals surface area contributed by atoms with Crippen LogP contribution in [0.2, 0.25) is 0 Å². The van der Waals surface area contributed by atoms with E-state index in [0.717, 1.165) is 32.1 Å². The van der Waals surface area contributed by atoms with Gasteiger partial charge in [0.1, 0.15) is 5.78 Å². The van der Waals surface area contributed by atoms with Crippen LogP contribution < -0.4 is 0 Å². The summed E-state index contributed by atoms with van der Waals surface area (Å²) in [5, 5.41) is 9.13. The summed E-state index contributed by atoms with van der Waals surface area (Å²) in [7, 11) is 0. The van der Waals surface area contributed by atoms with E-state index >= 15 is 0 Å². The van der Waals surface area contributed by atoms with Gasteiger partial charge in [0.15, 0.2) is 12.0 Å². The Morgan fingerprint density at radius 3 is 2.45 bits per heavy atom. The van der Waals surface area contributed by atoms with E-state index in [-0.39, 0.29) is 59.5 Å². The number of carbonyl (C=O) groups excluding carboxylic acids is 2. The smallest absolute Gasteiger partial charge is 0.303 e. The molecule has 31 heavy (non-hydrogen) atoms. The molecule has 174 valence electrons. The summed E-state index contributed by atoms with van der Waals surface area (Å²) in [6, 6.07) is 0. The zero-order chi connectivity index (χ0) is 22.7. The van der Waals surface area contributed by atoms with E-state index < -0.39 is 12.1 Å². The zero-order valence-electron chi connectivity index (χ0n) is 19.5. The van der Waals surface area contributed by atoms with Crippen molar-refractivity contribution in [3.8, 4) is 0 Å². The van der Waals surface area contributed by atoms with E-state index in [4.69, 9.17) is 5.11 Å². The van der Waals surface area contributed by atoms with Gasteiger partial charge >= 0.3 is 5.97 Å². The molecule has 0 aliphatic heterocycles. The van der Waals surface area contributed by atoms with E-state index in [0.29, 0.717) is 30.0 Å². The number of carboxylic acids is 1. The number of carboxylic acid groups (broad SMARTS) is 1. The van der Waals surface area contributed by atoms with Gasteiger partial charge < -0.3 is 5.11 Å². The molecule has 0 saturated heterocycles. The molecule has 0 aromatic heterocycles. The number of halogens is 1. The molecule has 4 fully saturated rings. The molecule has 4 rings (SSSR count). The van der Waals surface area contributed by atoms with E-state index in [1.807, 2.05) is 6.92 Å². The van der Waals surface area contributed by atoms with Gasteiger partial charge in [-0.25, -0.2) is 4.39 Å². The summed E-state index contributed by atoms with van der Waals surface area (Å²) in [6.45, 7) is 8.74. The molecule has 10 atom stereocenters. The van der Waals surface area contributed by atoms with Gasteiger partial charge in [0.2, 0.25) is 0 Å². The maximum absolute atomic E-state index is 14.7. The van der Waals surface area contributed by atoms with E-state index in [9.17, 15) is 18.8 Å². The van der Waals surface area contributed by atoms with Gasteiger partial charge in [-0.2, -0.15) is 0 Å². The van der Waals surface area contributed by atoms with Gasteiger partial charge in [0.25, 0.3) is 0 Å². The molecule has 0 radical (unpaired) electrons. The molecular weight excluding hydrogens is 395 g/mol. The molecule has 0 spiro atoms. The maximum atomic E-state index is 14.7. The van der Waals surface area contributed by atoms with Crippen LogP contribution in [0.15, 0.2) is 0 Å². The molecule has 0 aromatic rings. The van der Waals surface area contributed by atoms with Crippen molar-refractivity contribution in [1.82, 2.24) is 0 Å². The van der Waals surface area contributed by atoms with Crippen molar-refractivity contribution in [2.24, 2.45) is 52.3 Å². The second-order valence-corrected chi connectivity index (χ2v) is 11.7.